The minimum atomic E-state index is -0.256. The molecule has 1 rings (SSSR count). The van der Waals surface area contributed by atoms with Gasteiger partial charge in [0, 0.05) is 19.1 Å². The summed E-state index contributed by atoms with van der Waals surface area (Å²) < 4.78 is 18.6. The minimum absolute atomic E-state index is 0.0476. The van der Waals surface area contributed by atoms with Gasteiger partial charge in [-0.25, -0.2) is 4.39 Å². The van der Waals surface area contributed by atoms with Crippen LogP contribution in [0.5, 0.6) is 0 Å². The Kier molecular flexibility index (Phi) is 5.29. The lowest BCUT2D eigenvalue weighted by atomic mass is 9.96. The number of hydrogen-bond acceptors (Lipinski definition) is 2. The number of aliphatic hydroxyl groups excluding tert-OH is 1. The van der Waals surface area contributed by atoms with Gasteiger partial charge in [-0.2, -0.15) is 0 Å². The second-order valence-electron chi connectivity index (χ2n) is 3.39. The Balaban J connectivity index is 2.61. The van der Waals surface area contributed by atoms with Crippen molar-refractivity contribution in [2.45, 2.75) is 19.3 Å². The van der Waals surface area contributed by atoms with Gasteiger partial charge in [0.1, 0.15) is 5.82 Å². The lowest BCUT2D eigenvalue weighted by Gasteiger charge is -2.14. The van der Waals surface area contributed by atoms with Gasteiger partial charge >= 0.3 is 0 Å². The Morgan fingerprint density at radius 2 is 2.13 bits per heavy atom. The molecular formula is C12H17FO2. The fraction of sp³-hybridized carbons (Fsp3) is 0.500. The Hall–Kier alpha value is -0.930. The molecule has 84 valence electrons. The van der Waals surface area contributed by atoms with E-state index in [1.165, 1.54) is 6.07 Å². The molecule has 2 nitrogen and oxygen atoms in total. The van der Waals surface area contributed by atoms with E-state index in [-0.39, 0.29) is 18.3 Å². The van der Waals surface area contributed by atoms with Crippen molar-refractivity contribution < 1.29 is 14.2 Å². The summed E-state index contributed by atoms with van der Waals surface area (Å²) in [7, 11) is 0. The van der Waals surface area contributed by atoms with Crippen molar-refractivity contribution in [2.75, 3.05) is 19.8 Å². The number of ether oxygens (including phenoxy) is 1. The van der Waals surface area contributed by atoms with Gasteiger partial charge in [-0.05, 0) is 25.0 Å². The van der Waals surface area contributed by atoms with E-state index >= 15 is 0 Å². The van der Waals surface area contributed by atoms with Crippen LogP contribution < -0.4 is 0 Å². The maximum Gasteiger partial charge on any atom is 0.126 e. The summed E-state index contributed by atoms with van der Waals surface area (Å²) in [5, 5.41) is 9.18. The smallest absolute Gasteiger partial charge is 0.126 e. The molecule has 0 aliphatic rings. The van der Waals surface area contributed by atoms with Crippen LogP contribution in [0, 0.1) is 5.82 Å². The van der Waals surface area contributed by atoms with Gasteiger partial charge < -0.3 is 9.84 Å². The van der Waals surface area contributed by atoms with Gasteiger partial charge in [0.05, 0.1) is 6.61 Å². The van der Waals surface area contributed by atoms with E-state index in [0.717, 1.165) is 0 Å². The summed E-state index contributed by atoms with van der Waals surface area (Å²) >= 11 is 0. The molecule has 0 amide bonds. The Morgan fingerprint density at radius 1 is 1.40 bits per heavy atom. The highest BCUT2D eigenvalue weighted by molar-refractivity contribution is 5.21. The molecule has 0 bridgehead atoms. The normalized spacial score (nSPS) is 12.7. The van der Waals surface area contributed by atoms with Crippen molar-refractivity contribution >= 4 is 0 Å². The summed E-state index contributed by atoms with van der Waals surface area (Å²) in [5.41, 5.74) is 0.569. The van der Waals surface area contributed by atoms with Crippen LogP contribution in [0.15, 0.2) is 24.3 Å². The first-order valence-corrected chi connectivity index (χ1v) is 5.22. The average molecular weight is 212 g/mol. The van der Waals surface area contributed by atoms with Crippen LogP contribution in [-0.4, -0.2) is 24.9 Å². The molecule has 1 aromatic rings. The van der Waals surface area contributed by atoms with E-state index in [9.17, 15) is 9.50 Å². The fourth-order valence-corrected chi connectivity index (χ4v) is 1.52. The van der Waals surface area contributed by atoms with Gasteiger partial charge in [-0.1, -0.05) is 18.2 Å². The highest BCUT2D eigenvalue weighted by atomic mass is 19.1. The standard InChI is InChI=1S/C12H17FO2/c1-2-15-8-7-10(9-14)11-5-3-4-6-12(11)13/h3-6,10,14H,2,7-9H2,1H3. The minimum Gasteiger partial charge on any atom is -0.396 e. The molecule has 0 fully saturated rings. The number of hydrogen-bond donors (Lipinski definition) is 1. The van der Waals surface area contributed by atoms with Crippen molar-refractivity contribution in [3.05, 3.63) is 35.6 Å². The predicted molar refractivity (Wildman–Crippen MR) is 57.3 cm³/mol. The number of rotatable bonds is 6. The molecule has 0 saturated carbocycles. The Morgan fingerprint density at radius 3 is 2.73 bits per heavy atom. The third-order valence-corrected chi connectivity index (χ3v) is 2.38. The van der Waals surface area contributed by atoms with E-state index < -0.39 is 0 Å². The molecule has 1 atom stereocenters. The first-order valence-electron chi connectivity index (χ1n) is 5.22. The zero-order valence-corrected chi connectivity index (χ0v) is 8.95. The van der Waals surface area contributed by atoms with E-state index in [1.54, 1.807) is 18.2 Å². The molecule has 1 N–H and O–H groups in total. The summed E-state index contributed by atoms with van der Waals surface area (Å²) in [6.45, 7) is 3.07. The van der Waals surface area contributed by atoms with E-state index in [2.05, 4.69) is 0 Å². The number of aliphatic hydroxyl groups is 1. The predicted octanol–water partition coefficient (Wildman–Crippen LogP) is 2.33. The van der Waals surface area contributed by atoms with Gasteiger partial charge in [-0.3, -0.25) is 0 Å². The molecule has 0 aliphatic carbocycles. The summed E-state index contributed by atoms with van der Waals surface area (Å²) in [4.78, 5) is 0. The molecule has 1 aromatic carbocycles. The maximum atomic E-state index is 13.4. The van der Waals surface area contributed by atoms with Crippen LogP contribution in [0.25, 0.3) is 0 Å². The molecule has 1 unspecified atom stereocenters. The van der Waals surface area contributed by atoms with Crippen LogP contribution in [-0.2, 0) is 4.74 Å². The number of benzene rings is 1. The quantitative estimate of drug-likeness (QED) is 0.733. The van der Waals surface area contributed by atoms with Gasteiger partial charge in [0.15, 0.2) is 0 Å². The van der Waals surface area contributed by atoms with Gasteiger partial charge in [-0.15, -0.1) is 0 Å². The molecule has 0 spiro atoms. The molecule has 0 aromatic heterocycles. The van der Waals surface area contributed by atoms with Crippen LogP contribution >= 0.6 is 0 Å². The van der Waals surface area contributed by atoms with Gasteiger partial charge in [0.25, 0.3) is 0 Å². The molecular weight excluding hydrogens is 195 g/mol. The SMILES string of the molecule is CCOCCC(CO)c1ccccc1F. The van der Waals surface area contributed by atoms with Crippen LogP contribution in [0.1, 0.15) is 24.8 Å². The first-order chi connectivity index (χ1) is 7.29. The highest BCUT2D eigenvalue weighted by Gasteiger charge is 2.13. The largest absolute Gasteiger partial charge is 0.396 e. The Labute approximate surface area is 89.7 Å². The first kappa shape index (κ1) is 12.1. The lowest BCUT2D eigenvalue weighted by molar-refractivity contribution is 0.129. The lowest BCUT2D eigenvalue weighted by Crippen LogP contribution is -2.09. The highest BCUT2D eigenvalue weighted by Crippen LogP contribution is 2.21. The van der Waals surface area contributed by atoms with Crippen LogP contribution in [0.3, 0.4) is 0 Å². The molecule has 0 heterocycles. The van der Waals surface area contributed by atoms with Crippen molar-refractivity contribution in [3.63, 3.8) is 0 Å². The zero-order valence-electron chi connectivity index (χ0n) is 8.95. The topological polar surface area (TPSA) is 29.5 Å². The van der Waals surface area contributed by atoms with Crippen molar-refractivity contribution in [2.24, 2.45) is 0 Å². The van der Waals surface area contributed by atoms with Crippen molar-refractivity contribution in [1.29, 1.82) is 0 Å². The third-order valence-electron chi connectivity index (χ3n) is 2.38. The van der Waals surface area contributed by atoms with Crippen molar-refractivity contribution in [3.8, 4) is 0 Å². The van der Waals surface area contributed by atoms with E-state index in [4.69, 9.17) is 4.74 Å². The second-order valence-corrected chi connectivity index (χ2v) is 3.39. The van der Waals surface area contributed by atoms with E-state index in [0.29, 0.717) is 25.2 Å². The number of halogens is 1. The van der Waals surface area contributed by atoms with Crippen LogP contribution in [0.2, 0.25) is 0 Å². The molecule has 0 aliphatic heterocycles. The van der Waals surface area contributed by atoms with E-state index in [1.807, 2.05) is 6.92 Å². The van der Waals surface area contributed by atoms with Crippen LogP contribution in [0.4, 0.5) is 4.39 Å². The maximum absolute atomic E-state index is 13.4. The summed E-state index contributed by atoms with van der Waals surface area (Å²) in [6.07, 6.45) is 0.644. The molecule has 0 radical (unpaired) electrons. The van der Waals surface area contributed by atoms with Crippen molar-refractivity contribution in [1.82, 2.24) is 0 Å². The summed E-state index contributed by atoms with van der Waals surface area (Å²) in [5.74, 6) is -0.425. The fourth-order valence-electron chi connectivity index (χ4n) is 1.52. The average Bonchev–Trinajstić information content (AvgIpc) is 2.26. The molecule has 3 heteroatoms. The molecule has 0 saturated heterocycles. The molecule has 15 heavy (non-hydrogen) atoms. The Bertz CT molecular complexity index is 289. The second kappa shape index (κ2) is 6.53. The monoisotopic (exact) mass is 212 g/mol. The zero-order chi connectivity index (χ0) is 11.1. The van der Waals surface area contributed by atoms with Gasteiger partial charge in [0.2, 0.25) is 0 Å². The summed E-state index contributed by atoms with van der Waals surface area (Å²) in [6, 6.07) is 6.55. The third kappa shape index (κ3) is 3.61.